The highest BCUT2D eigenvalue weighted by Gasteiger charge is 2.50. The average Bonchev–Trinajstić information content (AvgIpc) is 3.45. The Morgan fingerprint density at radius 3 is 0.932 bits per heavy atom. The van der Waals surface area contributed by atoms with E-state index in [1.54, 1.807) is 7.11 Å². The first-order chi connectivity index (χ1) is 36.2. The predicted octanol–water partition coefficient (Wildman–Crippen LogP) is 11.4. The Morgan fingerprint density at radius 2 is 0.589 bits per heavy atom. The van der Waals surface area contributed by atoms with E-state index in [9.17, 15) is 0 Å². The first kappa shape index (κ1) is 51.8. The third-order valence-electron chi connectivity index (χ3n) is 13.0. The topological polar surface area (TPSA) is 92.3 Å². The summed E-state index contributed by atoms with van der Waals surface area (Å²) >= 11 is 0. The lowest BCUT2D eigenvalue weighted by Crippen LogP contribution is -2.61. The summed E-state index contributed by atoms with van der Waals surface area (Å²) in [5.41, 5.74) is 7.13. The van der Waals surface area contributed by atoms with Crippen molar-refractivity contribution in [2.24, 2.45) is 0 Å². The van der Waals surface area contributed by atoms with E-state index in [1.807, 2.05) is 176 Å². The zero-order valence-corrected chi connectivity index (χ0v) is 41.4. The van der Waals surface area contributed by atoms with Crippen molar-refractivity contribution in [1.29, 1.82) is 0 Å². The van der Waals surface area contributed by atoms with Gasteiger partial charge in [-0.15, -0.1) is 0 Å². The van der Waals surface area contributed by atoms with E-state index in [-0.39, 0.29) is 6.61 Å². The molecule has 2 heterocycles. The lowest BCUT2D eigenvalue weighted by molar-refractivity contribution is -0.309. The number of hydrogen-bond acceptors (Lipinski definition) is 10. The van der Waals surface area contributed by atoms with Gasteiger partial charge in [-0.05, 0) is 38.9 Å². The van der Waals surface area contributed by atoms with Crippen molar-refractivity contribution in [2.75, 3.05) is 13.7 Å². The molecule has 9 rings (SSSR count). The van der Waals surface area contributed by atoms with Gasteiger partial charge in [0.15, 0.2) is 6.29 Å². The van der Waals surface area contributed by atoms with E-state index >= 15 is 0 Å². The molecule has 0 aliphatic carbocycles. The van der Waals surface area contributed by atoms with Gasteiger partial charge in [-0.25, -0.2) is 0 Å². The van der Waals surface area contributed by atoms with Gasteiger partial charge in [0.1, 0.15) is 54.9 Å². The molecule has 10 atom stereocenters. The molecule has 0 saturated carbocycles. The summed E-state index contributed by atoms with van der Waals surface area (Å²) in [7, 11) is 1.63. The lowest BCUT2D eigenvalue weighted by Gasteiger charge is -2.46. The monoisotopic (exact) mass is 982 g/mol. The van der Waals surface area contributed by atoms with E-state index < -0.39 is 61.2 Å². The molecule has 73 heavy (non-hydrogen) atoms. The molecule has 2 fully saturated rings. The third kappa shape index (κ3) is 15.2. The normalized spacial score (nSPS) is 24.1. The Balaban J connectivity index is 1.08. The average molecular weight is 983 g/mol. The van der Waals surface area contributed by atoms with Crippen LogP contribution in [0.5, 0.6) is 0 Å². The van der Waals surface area contributed by atoms with Gasteiger partial charge in [0, 0.05) is 7.11 Å². The molecular formula is C63H66O10. The van der Waals surface area contributed by atoms with Crippen LogP contribution in [-0.4, -0.2) is 74.9 Å². The van der Waals surface area contributed by atoms with Crippen LogP contribution in [0.4, 0.5) is 0 Å². The highest BCUT2D eigenvalue weighted by molar-refractivity contribution is 5.20. The second-order valence-electron chi connectivity index (χ2n) is 18.3. The number of benzene rings is 7. The zero-order valence-electron chi connectivity index (χ0n) is 41.4. The largest absolute Gasteiger partial charge is 0.374 e. The summed E-state index contributed by atoms with van der Waals surface area (Å²) in [6.45, 7) is 2.48. The first-order valence-corrected chi connectivity index (χ1v) is 25.2. The summed E-state index contributed by atoms with van der Waals surface area (Å²) < 4.78 is 68.6. The Hall–Kier alpha value is -6.12. The molecule has 7 aromatic rings. The molecule has 0 radical (unpaired) electrons. The quantitative estimate of drug-likeness (QED) is 0.0516. The molecule has 0 amide bonds. The van der Waals surface area contributed by atoms with Crippen molar-refractivity contribution < 1.29 is 47.4 Å². The molecule has 0 unspecified atom stereocenters. The Labute approximate surface area is 430 Å². The number of hydrogen-bond donors (Lipinski definition) is 0. The minimum absolute atomic E-state index is 0.222. The van der Waals surface area contributed by atoms with Crippen molar-refractivity contribution in [1.82, 2.24) is 0 Å². The molecular weight excluding hydrogens is 917 g/mol. The van der Waals surface area contributed by atoms with Gasteiger partial charge in [-0.1, -0.05) is 224 Å². The summed E-state index contributed by atoms with van der Waals surface area (Å²) in [5, 5.41) is 0. The third-order valence-corrected chi connectivity index (χ3v) is 13.0. The Kier molecular flexibility index (Phi) is 19.7. The molecule has 2 aliphatic heterocycles. The molecule has 0 aromatic heterocycles. The van der Waals surface area contributed by atoms with Gasteiger partial charge >= 0.3 is 0 Å². The van der Waals surface area contributed by atoms with Crippen molar-refractivity contribution in [2.45, 2.75) is 107 Å². The summed E-state index contributed by atoms with van der Waals surface area (Å²) in [6, 6.07) is 70.8. The number of methoxy groups -OCH3 is 1. The van der Waals surface area contributed by atoms with Gasteiger partial charge in [-0.3, -0.25) is 0 Å². The van der Waals surface area contributed by atoms with E-state index in [2.05, 4.69) is 48.5 Å². The van der Waals surface area contributed by atoms with Crippen LogP contribution in [0, 0.1) is 0 Å². The van der Waals surface area contributed by atoms with Crippen molar-refractivity contribution in [3.8, 4) is 0 Å². The van der Waals surface area contributed by atoms with Crippen molar-refractivity contribution >= 4 is 0 Å². The first-order valence-electron chi connectivity index (χ1n) is 25.2. The zero-order chi connectivity index (χ0) is 49.7. The highest BCUT2D eigenvalue weighted by atomic mass is 16.7. The van der Waals surface area contributed by atoms with Crippen LogP contribution in [0.3, 0.4) is 0 Å². The maximum atomic E-state index is 7.23. The molecule has 0 bridgehead atoms. The number of ether oxygens (including phenoxy) is 10. The molecule has 10 nitrogen and oxygen atoms in total. The van der Waals surface area contributed by atoms with Gasteiger partial charge in [0.05, 0.1) is 52.9 Å². The van der Waals surface area contributed by atoms with Crippen LogP contribution >= 0.6 is 0 Å². The fourth-order valence-electron chi connectivity index (χ4n) is 9.23. The minimum Gasteiger partial charge on any atom is -0.374 e. The van der Waals surface area contributed by atoms with Gasteiger partial charge in [0.25, 0.3) is 0 Å². The summed E-state index contributed by atoms with van der Waals surface area (Å²) in [5.74, 6) is 0. The second-order valence-corrected chi connectivity index (χ2v) is 18.3. The second kappa shape index (κ2) is 27.8. The minimum atomic E-state index is -0.829. The molecule has 10 heteroatoms. The summed E-state index contributed by atoms with van der Waals surface area (Å²) in [4.78, 5) is 0. The van der Waals surface area contributed by atoms with Crippen molar-refractivity contribution in [3.05, 3.63) is 263 Å². The molecule has 2 aliphatic rings. The maximum Gasteiger partial charge on any atom is 0.186 e. The van der Waals surface area contributed by atoms with Crippen LogP contribution in [-0.2, 0) is 93.6 Å². The van der Waals surface area contributed by atoms with Crippen molar-refractivity contribution in [3.63, 3.8) is 0 Å². The standard InChI is InChI=1S/C63H66O10/c1-64-63-62(71-45-53-35-21-8-22-36-53)61(70-44-52-33-19-7-20-34-52)58(67-41-49-27-13-4-14-28-49)55(73-63)38-37-54-57(66-40-48-25-11-3-12-26-48)60(69-43-51-31-17-6-18-32-51)59(68-42-50-29-15-5-16-30-50)56(72-54)46-65-39-47-23-9-2-10-24-47/h2-38,54-63H,39-46H2,1H3/b38-37-/t54-,55+,56+,57-,58+,59-,60+,61-,62+,63-/m0/s1. The molecule has 0 spiro atoms. The van der Waals surface area contributed by atoms with E-state index in [1.165, 1.54) is 0 Å². The lowest BCUT2D eigenvalue weighted by atomic mass is 9.92. The Bertz CT molecular complexity index is 2610. The van der Waals surface area contributed by atoms with Crippen LogP contribution in [0.2, 0.25) is 0 Å². The van der Waals surface area contributed by atoms with E-state index in [0.717, 1.165) is 38.9 Å². The van der Waals surface area contributed by atoms with Gasteiger partial charge < -0.3 is 47.4 Å². The van der Waals surface area contributed by atoms with Crippen LogP contribution in [0.1, 0.15) is 38.9 Å². The van der Waals surface area contributed by atoms with E-state index in [4.69, 9.17) is 47.4 Å². The van der Waals surface area contributed by atoms with E-state index in [0.29, 0.717) is 46.2 Å². The fraction of sp³-hybridized carbons (Fsp3) is 0.302. The van der Waals surface area contributed by atoms with Gasteiger partial charge in [0.2, 0.25) is 0 Å². The molecule has 378 valence electrons. The Morgan fingerprint density at radius 1 is 0.315 bits per heavy atom. The van der Waals surface area contributed by atoms with Gasteiger partial charge in [-0.2, -0.15) is 0 Å². The molecule has 0 N–H and O–H groups in total. The summed E-state index contributed by atoms with van der Waals surface area (Å²) in [6.07, 6.45) is -2.65. The van der Waals surface area contributed by atoms with Crippen LogP contribution in [0.15, 0.2) is 224 Å². The van der Waals surface area contributed by atoms with Crippen LogP contribution in [0.25, 0.3) is 0 Å². The molecule has 2 saturated heterocycles. The molecule has 7 aromatic carbocycles. The fourth-order valence-corrected chi connectivity index (χ4v) is 9.23. The SMILES string of the molecule is CO[C@H]1O[C@H](/C=C\[C@@H]2O[C@H](COCc3ccccc3)[C@H](OCc3ccccc3)[C@H](OCc3ccccc3)[C@H]2OCc2ccccc2)[C@@H](OCc2ccccc2)[C@H](OCc2ccccc2)[C@H]1OCc1ccccc1. The smallest absolute Gasteiger partial charge is 0.186 e. The highest BCUT2D eigenvalue weighted by Crippen LogP contribution is 2.35. The maximum absolute atomic E-state index is 7.23. The predicted molar refractivity (Wildman–Crippen MR) is 280 cm³/mol. The van der Waals surface area contributed by atoms with Crippen LogP contribution < -0.4 is 0 Å². The number of rotatable bonds is 25.